The number of carbonyl (C=O) groups excluding carboxylic acids is 2. The molecule has 106 valence electrons. The number of thiophene rings is 1. The molecule has 1 saturated heterocycles. The second-order valence-electron chi connectivity index (χ2n) is 4.24. The molecular weight excluding hydrogens is 348 g/mol. The van der Waals surface area contributed by atoms with Gasteiger partial charge in [0, 0.05) is 29.8 Å². The van der Waals surface area contributed by atoms with Crippen LogP contribution < -0.4 is 4.90 Å². The molecule has 0 saturated carbocycles. The Balaban J connectivity index is 2.28. The summed E-state index contributed by atoms with van der Waals surface area (Å²) in [5.74, 6) is -0.593. The molecule has 20 heavy (non-hydrogen) atoms. The molecule has 7 nitrogen and oxygen atoms in total. The van der Waals surface area contributed by atoms with Gasteiger partial charge in [-0.3, -0.25) is 4.79 Å². The van der Waals surface area contributed by atoms with E-state index < -0.39 is 5.97 Å². The molecule has 0 aliphatic carbocycles. The van der Waals surface area contributed by atoms with Crippen LogP contribution in [0.2, 0.25) is 0 Å². The van der Waals surface area contributed by atoms with Gasteiger partial charge >= 0.3 is 5.97 Å². The van der Waals surface area contributed by atoms with E-state index in [4.69, 9.17) is 10.3 Å². The third kappa shape index (κ3) is 2.79. The van der Waals surface area contributed by atoms with Crippen molar-refractivity contribution in [1.29, 1.82) is 0 Å². The minimum absolute atomic E-state index is 0.0318. The highest BCUT2D eigenvalue weighted by Crippen LogP contribution is 2.39. The van der Waals surface area contributed by atoms with Crippen molar-refractivity contribution in [1.82, 2.24) is 0 Å². The van der Waals surface area contributed by atoms with E-state index >= 15 is 0 Å². The first kappa shape index (κ1) is 14.8. The van der Waals surface area contributed by atoms with Gasteiger partial charge in [-0.05, 0) is 27.4 Å². The summed E-state index contributed by atoms with van der Waals surface area (Å²) < 4.78 is 5.40. The fraction of sp³-hybridized carbons (Fsp3) is 0.455. The predicted molar refractivity (Wildman–Crippen MR) is 77.8 cm³/mol. The molecule has 1 aliphatic rings. The Morgan fingerprint density at radius 1 is 1.75 bits per heavy atom. The number of esters is 1. The van der Waals surface area contributed by atoms with E-state index in [1.807, 2.05) is 0 Å². The smallest absolute Gasteiger partial charge is 0.350 e. The van der Waals surface area contributed by atoms with Crippen LogP contribution >= 0.6 is 27.3 Å². The standard InChI is InChI=1S/C11H11BrN4O3S/c1-19-11(18)10-9(7(12)5-20-10)16-4-6(2-8(16)17)3-14-15-13/h5-6H,2-4H2,1H3. The Bertz CT molecular complexity index is 596. The summed E-state index contributed by atoms with van der Waals surface area (Å²) in [6, 6.07) is 0. The molecule has 0 radical (unpaired) electrons. The second kappa shape index (κ2) is 6.25. The highest BCUT2D eigenvalue weighted by molar-refractivity contribution is 9.10. The summed E-state index contributed by atoms with van der Waals surface area (Å²) in [5, 5.41) is 5.25. The predicted octanol–water partition coefficient (Wildman–Crippen LogP) is 2.96. The first-order valence-corrected chi connectivity index (χ1v) is 7.42. The highest BCUT2D eigenvalue weighted by atomic mass is 79.9. The SMILES string of the molecule is COC(=O)c1scc(Br)c1N1CC(CN=[N+]=[N-])CC1=O. The first-order chi connectivity index (χ1) is 9.58. The normalized spacial score (nSPS) is 18.0. The first-order valence-electron chi connectivity index (χ1n) is 5.75. The number of rotatable bonds is 4. The maximum atomic E-state index is 12.1. The lowest BCUT2D eigenvalue weighted by Crippen LogP contribution is -2.26. The van der Waals surface area contributed by atoms with E-state index in [2.05, 4.69) is 26.0 Å². The minimum Gasteiger partial charge on any atom is -0.465 e. The van der Waals surface area contributed by atoms with Gasteiger partial charge in [0.15, 0.2) is 0 Å². The Labute approximate surface area is 127 Å². The Kier molecular flexibility index (Phi) is 4.64. The van der Waals surface area contributed by atoms with Gasteiger partial charge in [0.2, 0.25) is 5.91 Å². The van der Waals surface area contributed by atoms with Gasteiger partial charge in [-0.25, -0.2) is 4.79 Å². The molecule has 2 rings (SSSR count). The summed E-state index contributed by atoms with van der Waals surface area (Å²) >= 11 is 4.57. The molecule has 1 aromatic rings. The average molecular weight is 359 g/mol. The summed E-state index contributed by atoms with van der Waals surface area (Å²) in [5.41, 5.74) is 8.87. The number of methoxy groups -OCH3 is 1. The van der Waals surface area contributed by atoms with Crippen molar-refractivity contribution in [2.45, 2.75) is 6.42 Å². The zero-order valence-corrected chi connectivity index (χ0v) is 13.0. The van der Waals surface area contributed by atoms with E-state index in [-0.39, 0.29) is 18.4 Å². The van der Waals surface area contributed by atoms with Crippen molar-refractivity contribution in [2.75, 3.05) is 25.1 Å². The van der Waals surface area contributed by atoms with Crippen molar-refractivity contribution in [3.8, 4) is 0 Å². The number of carbonyl (C=O) groups is 2. The molecule has 1 atom stereocenters. The summed E-state index contributed by atoms with van der Waals surface area (Å²) in [7, 11) is 1.30. The van der Waals surface area contributed by atoms with Crippen LogP contribution in [0.15, 0.2) is 15.0 Å². The fourth-order valence-electron chi connectivity index (χ4n) is 2.09. The second-order valence-corrected chi connectivity index (χ2v) is 5.97. The van der Waals surface area contributed by atoms with E-state index in [9.17, 15) is 9.59 Å². The molecule has 0 spiro atoms. The van der Waals surface area contributed by atoms with Crippen LogP contribution in [-0.4, -0.2) is 32.1 Å². The quantitative estimate of drug-likeness (QED) is 0.358. The molecule has 1 fully saturated rings. The number of anilines is 1. The Morgan fingerprint density at radius 2 is 2.50 bits per heavy atom. The summed E-state index contributed by atoms with van der Waals surface area (Å²) in [6.07, 6.45) is 0.307. The van der Waals surface area contributed by atoms with Crippen LogP contribution in [0, 0.1) is 5.92 Å². The zero-order valence-electron chi connectivity index (χ0n) is 10.6. The molecule has 1 aromatic heterocycles. The van der Waals surface area contributed by atoms with E-state index in [1.54, 1.807) is 10.3 Å². The van der Waals surface area contributed by atoms with Crippen molar-refractivity contribution < 1.29 is 14.3 Å². The largest absolute Gasteiger partial charge is 0.465 e. The van der Waals surface area contributed by atoms with Gasteiger partial charge < -0.3 is 9.64 Å². The molecular formula is C11H11BrN4O3S. The highest BCUT2D eigenvalue weighted by Gasteiger charge is 2.34. The number of hydrogen-bond donors (Lipinski definition) is 0. The van der Waals surface area contributed by atoms with Gasteiger partial charge in [0.1, 0.15) is 4.88 Å². The lowest BCUT2D eigenvalue weighted by atomic mass is 10.1. The zero-order chi connectivity index (χ0) is 14.7. The Hall–Kier alpha value is -1.57. The molecule has 2 heterocycles. The summed E-state index contributed by atoms with van der Waals surface area (Å²) in [6.45, 7) is 0.700. The third-order valence-corrected chi connectivity index (χ3v) is 4.83. The summed E-state index contributed by atoms with van der Waals surface area (Å²) in [4.78, 5) is 28.4. The molecule has 0 aromatic carbocycles. The van der Waals surface area contributed by atoms with Gasteiger partial charge in [-0.1, -0.05) is 5.11 Å². The molecule has 9 heteroatoms. The van der Waals surface area contributed by atoms with E-state index in [0.29, 0.717) is 28.0 Å². The van der Waals surface area contributed by atoms with Gasteiger partial charge in [0.25, 0.3) is 0 Å². The lowest BCUT2D eigenvalue weighted by Gasteiger charge is -2.17. The monoisotopic (exact) mass is 358 g/mol. The Morgan fingerprint density at radius 3 is 3.15 bits per heavy atom. The van der Waals surface area contributed by atoms with Crippen molar-refractivity contribution in [3.63, 3.8) is 0 Å². The topological polar surface area (TPSA) is 95.4 Å². The van der Waals surface area contributed by atoms with Crippen LogP contribution in [-0.2, 0) is 9.53 Å². The number of nitrogens with zero attached hydrogens (tertiary/aromatic N) is 4. The van der Waals surface area contributed by atoms with Crippen LogP contribution in [0.4, 0.5) is 5.69 Å². The number of azide groups is 1. The van der Waals surface area contributed by atoms with Crippen LogP contribution in [0.3, 0.4) is 0 Å². The van der Waals surface area contributed by atoms with Crippen LogP contribution in [0.5, 0.6) is 0 Å². The van der Waals surface area contributed by atoms with Gasteiger partial charge in [-0.15, -0.1) is 11.3 Å². The van der Waals surface area contributed by atoms with Crippen molar-refractivity contribution in [3.05, 3.63) is 25.2 Å². The van der Waals surface area contributed by atoms with Gasteiger partial charge in [0.05, 0.1) is 17.3 Å². The fourth-order valence-corrected chi connectivity index (χ4v) is 3.76. The average Bonchev–Trinajstić information content (AvgIpc) is 2.98. The number of ether oxygens (including phenoxy) is 1. The number of amides is 1. The number of hydrogen-bond acceptors (Lipinski definition) is 5. The molecule has 1 aliphatic heterocycles. The maximum absolute atomic E-state index is 12.1. The molecule has 0 N–H and O–H groups in total. The molecule has 1 amide bonds. The van der Waals surface area contributed by atoms with Gasteiger partial charge in [-0.2, -0.15) is 0 Å². The van der Waals surface area contributed by atoms with Crippen LogP contribution in [0.1, 0.15) is 16.1 Å². The van der Waals surface area contributed by atoms with Crippen molar-refractivity contribution in [2.24, 2.45) is 11.0 Å². The van der Waals surface area contributed by atoms with E-state index in [0.717, 1.165) is 0 Å². The third-order valence-electron chi connectivity index (χ3n) is 2.97. The number of halogens is 1. The van der Waals surface area contributed by atoms with Crippen LogP contribution in [0.25, 0.3) is 10.4 Å². The van der Waals surface area contributed by atoms with E-state index in [1.165, 1.54) is 18.4 Å². The minimum atomic E-state index is -0.470. The van der Waals surface area contributed by atoms with Crippen molar-refractivity contribution >= 4 is 44.8 Å². The molecule has 0 bridgehead atoms. The lowest BCUT2D eigenvalue weighted by molar-refractivity contribution is -0.117. The molecule has 1 unspecified atom stereocenters. The maximum Gasteiger partial charge on any atom is 0.350 e.